The molecule has 0 bridgehead atoms. The molecule has 0 unspecified atom stereocenters. The van der Waals surface area contributed by atoms with E-state index in [4.69, 9.17) is 9.47 Å². The van der Waals surface area contributed by atoms with E-state index >= 15 is 0 Å². The predicted octanol–water partition coefficient (Wildman–Crippen LogP) is 3.48. The summed E-state index contributed by atoms with van der Waals surface area (Å²) >= 11 is 0. The Morgan fingerprint density at radius 3 is 2.21 bits per heavy atom. The summed E-state index contributed by atoms with van der Waals surface area (Å²) in [7, 11) is 1.63. The highest BCUT2D eigenvalue weighted by atomic mass is 16.5. The molecule has 0 aliphatic carbocycles. The number of carbonyl (C=O) groups is 1. The molecular weight excluding hydrogens is 240 g/mol. The lowest BCUT2D eigenvalue weighted by molar-refractivity contribution is -0.108. The lowest BCUT2D eigenvalue weighted by Crippen LogP contribution is -2.31. The Morgan fingerprint density at radius 2 is 1.79 bits per heavy atom. The van der Waals surface area contributed by atoms with Crippen molar-refractivity contribution in [1.82, 2.24) is 0 Å². The molecule has 0 saturated carbocycles. The molecule has 1 aromatic rings. The molecule has 0 amide bonds. The molecule has 0 radical (unpaired) electrons. The molecule has 104 valence electrons. The molecule has 0 fully saturated rings. The maximum absolute atomic E-state index is 11.3. The summed E-state index contributed by atoms with van der Waals surface area (Å²) in [6, 6.07) is 7.55. The summed E-state index contributed by atoms with van der Waals surface area (Å²) in [6.07, 6.45) is 2.76. The lowest BCUT2D eigenvalue weighted by Gasteiger charge is -2.28. The number of hydrogen-bond donors (Lipinski definition) is 0. The Hall–Kier alpha value is -1.61. The van der Waals surface area contributed by atoms with E-state index in [0.717, 1.165) is 17.6 Å². The molecule has 0 atom stereocenters. The monoisotopic (exact) mass is 262 g/mol. The highest BCUT2D eigenvalue weighted by Crippen LogP contribution is 2.24. The Balaban J connectivity index is 3.00. The highest BCUT2D eigenvalue weighted by molar-refractivity contribution is 5.84. The van der Waals surface area contributed by atoms with Crippen molar-refractivity contribution < 1.29 is 14.3 Å². The number of benzene rings is 1. The zero-order valence-corrected chi connectivity index (χ0v) is 12.3. The van der Waals surface area contributed by atoms with Crippen LogP contribution in [0.4, 0.5) is 0 Å². The molecule has 0 heterocycles. The van der Waals surface area contributed by atoms with Gasteiger partial charge in [0.2, 0.25) is 0 Å². The van der Waals surface area contributed by atoms with Crippen molar-refractivity contribution in [1.29, 1.82) is 0 Å². The van der Waals surface area contributed by atoms with E-state index < -0.39 is 5.60 Å². The third-order valence-corrected chi connectivity index (χ3v) is 2.79. The van der Waals surface area contributed by atoms with E-state index in [1.807, 2.05) is 58.0 Å². The van der Waals surface area contributed by atoms with Gasteiger partial charge in [0.15, 0.2) is 0 Å². The molecule has 0 aliphatic rings. The quantitative estimate of drug-likeness (QED) is 0.581. The van der Waals surface area contributed by atoms with Crippen LogP contribution >= 0.6 is 0 Å². The number of carbonyl (C=O) groups excluding carboxylic acids is 1. The van der Waals surface area contributed by atoms with Gasteiger partial charge in [0, 0.05) is 5.57 Å². The zero-order chi connectivity index (χ0) is 14.5. The van der Waals surface area contributed by atoms with E-state index in [-0.39, 0.29) is 6.10 Å². The van der Waals surface area contributed by atoms with Crippen molar-refractivity contribution in [3.05, 3.63) is 35.4 Å². The summed E-state index contributed by atoms with van der Waals surface area (Å²) in [4.78, 5) is 11.3. The van der Waals surface area contributed by atoms with Crippen LogP contribution in [-0.4, -0.2) is 25.1 Å². The third kappa shape index (κ3) is 4.52. The van der Waals surface area contributed by atoms with Crippen molar-refractivity contribution in [2.24, 2.45) is 0 Å². The van der Waals surface area contributed by atoms with Crippen LogP contribution in [0.2, 0.25) is 0 Å². The molecule has 0 N–H and O–H groups in total. The fourth-order valence-electron chi connectivity index (χ4n) is 1.89. The zero-order valence-electron chi connectivity index (χ0n) is 12.3. The molecular formula is C16H22O3. The predicted molar refractivity (Wildman–Crippen MR) is 77.3 cm³/mol. The third-order valence-electron chi connectivity index (χ3n) is 2.79. The van der Waals surface area contributed by atoms with Crippen LogP contribution in [-0.2, 0) is 9.53 Å². The Bertz CT molecular complexity index is 442. The van der Waals surface area contributed by atoms with Gasteiger partial charge in [-0.25, -0.2) is 0 Å². The maximum Gasteiger partial charge on any atom is 0.148 e. The molecule has 0 saturated heterocycles. The van der Waals surface area contributed by atoms with Gasteiger partial charge in [-0.3, -0.25) is 4.79 Å². The minimum absolute atomic E-state index is 0.0641. The van der Waals surface area contributed by atoms with Crippen LogP contribution in [0.5, 0.6) is 5.75 Å². The first kappa shape index (κ1) is 15.4. The maximum atomic E-state index is 11.3. The summed E-state index contributed by atoms with van der Waals surface area (Å²) in [5.74, 6) is 0.794. The fourth-order valence-corrected chi connectivity index (χ4v) is 1.89. The number of hydrogen-bond acceptors (Lipinski definition) is 3. The second-order valence-corrected chi connectivity index (χ2v) is 5.17. The Kier molecular flexibility index (Phi) is 5.31. The molecule has 3 heteroatoms. The van der Waals surface area contributed by atoms with Gasteiger partial charge in [0.25, 0.3) is 0 Å². The Labute approximate surface area is 115 Å². The highest BCUT2D eigenvalue weighted by Gasteiger charge is 2.25. The van der Waals surface area contributed by atoms with Gasteiger partial charge in [-0.15, -0.1) is 0 Å². The van der Waals surface area contributed by atoms with Crippen LogP contribution < -0.4 is 4.74 Å². The van der Waals surface area contributed by atoms with Crippen molar-refractivity contribution in [2.45, 2.75) is 39.4 Å². The lowest BCUT2D eigenvalue weighted by atomic mass is 9.96. The summed E-state index contributed by atoms with van der Waals surface area (Å²) < 4.78 is 10.9. The van der Waals surface area contributed by atoms with Crippen LogP contribution in [0.25, 0.3) is 6.08 Å². The SMILES string of the molecule is COc1ccc(/C=C(/C=O)C(C)(C)OC(C)C)cc1. The van der Waals surface area contributed by atoms with Gasteiger partial charge >= 0.3 is 0 Å². The number of aldehydes is 1. The minimum atomic E-state index is -0.601. The van der Waals surface area contributed by atoms with Gasteiger partial charge in [-0.05, 0) is 51.5 Å². The largest absolute Gasteiger partial charge is 0.497 e. The number of rotatable bonds is 6. The molecule has 0 aliphatic heterocycles. The van der Waals surface area contributed by atoms with Gasteiger partial charge in [-0.1, -0.05) is 12.1 Å². The molecule has 0 spiro atoms. The van der Waals surface area contributed by atoms with Crippen LogP contribution in [0.3, 0.4) is 0 Å². The molecule has 0 aromatic heterocycles. The van der Waals surface area contributed by atoms with E-state index in [0.29, 0.717) is 5.57 Å². The average Bonchev–Trinajstić information content (AvgIpc) is 2.34. The second kappa shape index (κ2) is 6.53. The van der Waals surface area contributed by atoms with Crippen LogP contribution in [0.15, 0.2) is 29.8 Å². The molecule has 1 rings (SSSR count). The normalized spacial score (nSPS) is 12.6. The first-order valence-corrected chi connectivity index (χ1v) is 6.38. The van der Waals surface area contributed by atoms with Crippen molar-refractivity contribution in [3.63, 3.8) is 0 Å². The first-order valence-electron chi connectivity index (χ1n) is 6.38. The summed E-state index contributed by atoms with van der Waals surface area (Å²) in [5, 5.41) is 0. The van der Waals surface area contributed by atoms with E-state index in [2.05, 4.69) is 0 Å². The molecule has 1 aromatic carbocycles. The number of methoxy groups -OCH3 is 1. The summed E-state index contributed by atoms with van der Waals surface area (Å²) in [5.41, 5.74) is 0.963. The van der Waals surface area contributed by atoms with E-state index in [1.54, 1.807) is 7.11 Å². The van der Waals surface area contributed by atoms with E-state index in [9.17, 15) is 4.79 Å². The first-order chi connectivity index (χ1) is 8.89. The Morgan fingerprint density at radius 1 is 1.21 bits per heavy atom. The van der Waals surface area contributed by atoms with Crippen molar-refractivity contribution >= 4 is 12.4 Å². The smallest absolute Gasteiger partial charge is 0.148 e. The fraction of sp³-hybridized carbons (Fsp3) is 0.438. The van der Waals surface area contributed by atoms with Gasteiger partial charge in [0.05, 0.1) is 18.8 Å². The topological polar surface area (TPSA) is 35.5 Å². The molecule has 19 heavy (non-hydrogen) atoms. The van der Waals surface area contributed by atoms with Crippen molar-refractivity contribution in [2.75, 3.05) is 7.11 Å². The number of ether oxygens (including phenoxy) is 2. The van der Waals surface area contributed by atoms with Gasteiger partial charge in [0.1, 0.15) is 12.0 Å². The van der Waals surface area contributed by atoms with Crippen LogP contribution in [0.1, 0.15) is 33.3 Å². The molecule has 3 nitrogen and oxygen atoms in total. The van der Waals surface area contributed by atoms with Crippen molar-refractivity contribution in [3.8, 4) is 5.75 Å². The van der Waals surface area contributed by atoms with Gasteiger partial charge < -0.3 is 9.47 Å². The standard InChI is InChI=1S/C16H22O3/c1-12(2)19-16(3,4)14(11-17)10-13-6-8-15(18-5)9-7-13/h6-12H,1-5H3/b14-10-. The van der Waals surface area contributed by atoms with Gasteiger partial charge in [-0.2, -0.15) is 0 Å². The minimum Gasteiger partial charge on any atom is -0.497 e. The summed E-state index contributed by atoms with van der Waals surface area (Å²) in [6.45, 7) is 7.71. The second-order valence-electron chi connectivity index (χ2n) is 5.17. The average molecular weight is 262 g/mol. The van der Waals surface area contributed by atoms with Crippen LogP contribution in [0, 0.1) is 0 Å². The van der Waals surface area contributed by atoms with E-state index in [1.165, 1.54) is 0 Å².